The van der Waals surface area contributed by atoms with Gasteiger partial charge in [0.05, 0.1) is 31.0 Å². The molecule has 0 aliphatic rings. The van der Waals surface area contributed by atoms with Crippen molar-refractivity contribution >= 4 is 25.2 Å². The maximum absolute atomic E-state index is 9.21. The quantitative estimate of drug-likeness (QED) is 0.609. The predicted octanol–water partition coefficient (Wildman–Crippen LogP) is 0.304. The number of hydrogen-bond donors (Lipinski definition) is 4. The molecule has 0 aliphatic carbocycles. The van der Waals surface area contributed by atoms with Crippen molar-refractivity contribution in [1.82, 2.24) is 9.55 Å². The van der Waals surface area contributed by atoms with Crippen LogP contribution in [0.25, 0.3) is 12.5 Å². The van der Waals surface area contributed by atoms with Crippen LogP contribution < -0.4 is 10.4 Å². The van der Waals surface area contributed by atoms with Crippen molar-refractivity contribution in [3.8, 4) is 0 Å². The van der Waals surface area contributed by atoms with Crippen LogP contribution in [0.3, 0.4) is 0 Å². The largest absolute Gasteiger partial charge is 0.515 e. The molecule has 1 aromatic carbocycles. The van der Waals surface area contributed by atoms with Gasteiger partial charge in [0.2, 0.25) is 0 Å². The molecular weight excluding hydrogens is 264 g/mol. The Hall–Kier alpha value is -1.92. The molecule has 6 heteroatoms. The van der Waals surface area contributed by atoms with E-state index in [1.165, 1.54) is 0 Å². The Bertz CT molecular complexity index is 694. The summed E-state index contributed by atoms with van der Waals surface area (Å²) in [5, 5.41) is 28.9. The first-order valence-corrected chi connectivity index (χ1v) is 6.06. The third kappa shape index (κ3) is 2.74. The zero-order chi connectivity index (χ0) is 13.8. The summed E-state index contributed by atoms with van der Waals surface area (Å²) in [6, 6.07) is 5.27. The van der Waals surface area contributed by atoms with Gasteiger partial charge in [-0.05, 0) is 11.6 Å². The summed E-state index contributed by atoms with van der Waals surface area (Å²) in [5.74, 6) is 0. The topological polar surface area (TPSA) is 78.5 Å². The Balaban J connectivity index is 2.42. The van der Waals surface area contributed by atoms with Gasteiger partial charge in [0.1, 0.15) is 0 Å². The van der Waals surface area contributed by atoms with Crippen LogP contribution >= 0.6 is 12.6 Å². The summed E-state index contributed by atoms with van der Waals surface area (Å²) in [6.07, 6.45) is 3.44. The number of aliphatic hydroxyl groups is 3. The fourth-order valence-corrected chi connectivity index (χ4v) is 2.09. The zero-order valence-corrected chi connectivity index (χ0v) is 11.0. The van der Waals surface area contributed by atoms with Crippen molar-refractivity contribution in [1.29, 1.82) is 0 Å². The van der Waals surface area contributed by atoms with Crippen LogP contribution in [0.4, 0.5) is 0 Å². The molecule has 1 aromatic heterocycles. The van der Waals surface area contributed by atoms with Crippen LogP contribution in [0.5, 0.6) is 0 Å². The van der Waals surface area contributed by atoms with Crippen LogP contribution in [0.1, 0.15) is 11.3 Å². The summed E-state index contributed by atoms with van der Waals surface area (Å²) < 4.78 is 1.77. The molecule has 1 heterocycles. The van der Waals surface area contributed by atoms with E-state index in [9.17, 15) is 5.11 Å². The monoisotopic (exact) mass is 278 g/mol. The molecule has 0 saturated carbocycles. The minimum atomic E-state index is -0.116. The van der Waals surface area contributed by atoms with Gasteiger partial charge in [-0.3, -0.25) is 0 Å². The molecule has 100 valence electrons. The molecule has 0 fully saturated rings. The molecule has 0 bridgehead atoms. The summed E-state index contributed by atoms with van der Waals surface area (Å²) in [6.45, 7) is 0.357. The third-order valence-electron chi connectivity index (χ3n) is 2.85. The number of imidazole rings is 1. The van der Waals surface area contributed by atoms with Crippen LogP contribution in [0, 0.1) is 0 Å². The van der Waals surface area contributed by atoms with Gasteiger partial charge < -0.3 is 19.9 Å². The molecule has 0 atom stereocenters. The van der Waals surface area contributed by atoms with Gasteiger partial charge in [0, 0.05) is 17.0 Å². The molecule has 0 spiro atoms. The van der Waals surface area contributed by atoms with E-state index >= 15 is 0 Å². The Morgan fingerprint density at radius 3 is 2.58 bits per heavy atom. The molecule has 3 N–H and O–H groups in total. The zero-order valence-electron chi connectivity index (χ0n) is 10.1. The fraction of sp³-hybridized carbons (Fsp3) is 0.154. The third-order valence-corrected chi connectivity index (χ3v) is 3.21. The van der Waals surface area contributed by atoms with Gasteiger partial charge in [-0.25, -0.2) is 4.98 Å². The van der Waals surface area contributed by atoms with E-state index < -0.39 is 0 Å². The Morgan fingerprint density at radius 1 is 1.21 bits per heavy atom. The second-order valence-electron chi connectivity index (χ2n) is 4.02. The van der Waals surface area contributed by atoms with Crippen LogP contribution in [-0.2, 0) is 13.2 Å². The first-order valence-electron chi connectivity index (χ1n) is 5.61. The van der Waals surface area contributed by atoms with E-state index in [0.29, 0.717) is 27.8 Å². The van der Waals surface area contributed by atoms with E-state index in [2.05, 4.69) is 17.6 Å². The summed E-state index contributed by atoms with van der Waals surface area (Å²) in [7, 11) is 0. The lowest BCUT2D eigenvalue weighted by atomic mass is 10.1. The molecule has 2 rings (SSSR count). The minimum absolute atomic E-state index is 0.116. The van der Waals surface area contributed by atoms with Crippen LogP contribution in [0.2, 0.25) is 0 Å². The highest BCUT2D eigenvalue weighted by molar-refractivity contribution is 7.80. The number of rotatable bonds is 3. The van der Waals surface area contributed by atoms with E-state index in [0.717, 1.165) is 18.1 Å². The van der Waals surface area contributed by atoms with Crippen molar-refractivity contribution in [2.24, 2.45) is 0 Å². The molecule has 19 heavy (non-hydrogen) atoms. The van der Waals surface area contributed by atoms with Gasteiger partial charge >= 0.3 is 0 Å². The highest BCUT2D eigenvalue weighted by atomic mass is 32.1. The summed E-state index contributed by atoms with van der Waals surface area (Å²) >= 11 is 4.23. The lowest BCUT2D eigenvalue weighted by Gasteiger charge is -2.08. The van der Waals surface area contributed by atoms with Gasteiger partial charge in [0.25, 0.3) is 0 Å². The van der Waals surface area contributed by atoms with E-state index in [-0.39, 0.29) is 6.61 Å². The molecule has 0 saturated heterocycles. The number of aliphatic hydroxyl groups excluding tert-OH is 3. The molecule has 0 amide bonds. The van der Waals surface area contributed by atoms with Crippen molar-refractivity contribution in [2.75, 3.05) is 0 Å². The van der Waals surface area contributed by atoms with Crippen molar-refractivity contribution in [3.63, 3.8) is 0 Å². The van der Waals surface area contributed by atoms with Gasteiger partial charge in [-0.15, -0.1) is 12.6 Å². The summed E-state index contributed by atoms with van der Waals surface area (Å²) in [5.41, 5.74) is 1.56. The smallest absolute Gasteiger partial charge is 0.165 e. The number of thiol groups is 1. The van der Waals surface area contributed by atoms with Crippen molar-refractivity contribution in [3.05, 3.63) is 46.1 Å². The average Bonchev–Trinajstić information content (AvgIpc) is 2.79. The molecular formula is C13H14N2O3S. The number of benzene rings is 1. The lowest BCUT2D eigenvalue weighted by molar-refractivity contribution is 0.270. The molecule has 0 radical (unpaired) electrons. The molecule has 2 aromatic rings. The van der Waals surface area contributed by atoms with Crippen molar-refractivity contribution in [2.45, 2.75) is 18.3 Å². The predicted molar refractivity (Wildman–Crippen MR) is 74.4 cm³/mol. The number of hydrogen-bond acceptors (Lipinski definition) is 5. The molecule has 0 unspecified atom stereocenters. The van der Waals surface area contributed by atoms with Crippen LogP contribution in [0.15, 0.2) is 29.6 Å². The highest BCUT2D eigenvalue weighted by Gasteiger charge is 2.06. The molecule has 0 aliphatic heterocycles. The molecule has 5 nitrogen and oxygen atoms in total. The maximum atomic E-state index is 9.21. The van der Waals surface area contributed by atoms with Gasteiger partial charge in [-0.2, -0.15) is 0 Å². The summed E-state index contributed by atoms with van der Waals surface area (Å²) in [4.78, 5) is 4.02. The van der Waals surface area contributed by atoms with Gasteiger partial charge in [-0.1, -0.05) is 12.1 Å². The first-order chi connectivity index (χ1) is 9.19. The Morgan fingerprint density at radius 2 is 1.95 bits per heavy atom. The average molecular weight is 278 g/mol. The maximum Gasteiger partial charge on any atom is 0.165 e. The normalized spacial score (nSPS) is 13.2. The SMILES string of the molecule is OC=c1ccc(Cn2c(CO)cnc2S)cc1=CO. The van der Waals surface area contributed by atoms with E-state index in [1.807, 2.05) is 6.07 Å². The second-order valence-corrected chi connectivity index (χ2v) is 4.42. The number of aromatic nitrogens is 2. The van der Waals surface area contributed by atoms with Crippen molar-refractivity contribution < 1.29 is 15.3 Å². The van der Waals surface area contributed by atoms with E-state index in [1.54, 1.807) is 22.9 Å². The minimum Gasteiger partial charge on any atom is -0.515 e. The van der Waals surface area contributed by atoms with E-state index in [4.69, 9.17) is 10.2 Å². The Labute approximate surface area is 115 Å². The van der Waals surface area contributed by atoms with Gasteiger partial charge in [0.15, 0.2) is 5.16 Å². The lowest BCUT2D eigenvalue weighted by Crippen LogP contribution is -2.25. The second kappa shape index (κ2) is 5.81. The Kier molecular flexibility index (Phi) is 4.13. The highest BCUT2D eigenvalue weighted by Crippen LogP contribution is 2.11. The number of nitrogens with zero attached hydrogens (tertiary/aromatic N) is 2. The first kappa shape index (κ1) is 13.5. The van der Waals surface area contributed by atoms with Crippen LogP contribution in [-0.4, -0.2) is 24.9 Å². The standard InChI is InChI=1S/C13H14N2O3S/c16-6-10-2-1-9(3-11(10)7-17)5-15-12(8-18)4-14-13(15)19/h1-4,6-7,16-18H,5,8H2,(H,14,19). The fourth-order valence-electron chi connectivity index (χ4n) is 1.83.